The van der Waals surface area contributed by atoms with E-state index in [1.54, 1.807) is 12.4 Å². The van der Waals surface area contributed by atoms with Gasteiger partial charge in [-0.2, -0.15) is 0 Å². The second-order valence-corrected chi connectivity index (χ2v) is 9.41. The van der Waals surface area contributed by atoms with Gasteiger partial charge in [0.2, 0.25) is 0 Å². The molecule has 31 heavy (non-hydrogen) atoms. The normalized spacial score (nSPS) is 20.2. The zero-order valence-corrected chi connectivity index (χ0v) is 18.0. The first-order chi connectivity index (χ1) is 14.8. The van der Waals surface area contributed by atoms with Crippen molar-refractivity contribution in [2.45, 2.75) is 18.0 Å². The maximum Gasteiger partial charge on any atom is 0.352 e. The summed E-state index contributed by atoms with van der Waals surface area (Å²) in [5, 5.41) is 11.5. The SMILES string of the molecule is Nc1nc(C(=O)C(=O)N[C@@H]2C(=O)N3C(C(=O)O)=C(C[n+]4ccccc4)CS[C@H]23)c(Cl)s1. The Labute approximate surface area is 188 Å². The van der Waals surface area contributed by atoms with E-state index < -0.39 is 35.0 Å². The van der Waals surface area contributed by atoms with Crippen molar-refractivity contribution in [2.24, 2.45) is 0 Å². The Hall–Kier alpha value is -2.96. The van der Waals surface area contributed by atoms with Crippen LogP contribution in [0.3, 0.4) is 0 Å². The molecule has 0 radical (unpaired) electrons. The number of Topliss-reactive ketones (excluding diaryl/α,β-unsaturated/α-hetero) is 1. The Morgan fingerprint density at radius 3 is 2.65 bits per heavy atom. The summed E-state index contributed by atoms with van der Waals surface area (Å²) in [7, 11) is 0. The van der Waals surface area contributed by atoms with Crippen LogP contribution in [-0.4, -0.2) is 55.7 Å². The standard InChI is InChI=1S/C18H14ClN5O5S2/c19-13-9(22-18(20)31-13)12(25)14(26)21-10-15(27)24-11(17(28)29)8(7-30-16(10)24)6-23-4-2-1-3-5-23/h1-5,10,16H,6-7H2,(H3-,20,21,22,26,28,29)/p+1/t10-,16-/m1/s1. The van der Waals surface area contributed by atoms with E-state index in [0.29, 0.717) is 17.9 Å². The molecule has 2 aliphatic heterocycles. The fourth-order valence-corrected chi connectivity index (χ4v) is 5.59. The third-order valence-electron chi connectivity index (χ3n) is 4.71. The number of carboxylic acids is 1. The number of halogens is 1. The van der Waals surface area contributed by atoms with Crippen LogP contribution in [0.15, 0.2) is 41.9 Å². The van der Waals surface area contributed by atoms with Gasteiger partial charge in [-0.15, -0.1) is 11.8 Å². The lowest BCUT2D eigenvalue weighted by Crippen LogP contribution is -2.71. The Bertz CT molecular complexity index is 1140. The van der Waals surface area contributed by atoms with Crippen molar-refractivity contribution < 1.29 is 28.9 Å². The summed E-state index contributed by atoms with van der Waals surface area (Å²) in [6.45, 7) is 0.311. The van der Waals surface area contributed by atoms with E-state index in [9.17, 15) is 24.3 Å². The largest absolute Gasteiger partial charge is 0.477 e. The second-order valence-electron chi connectivity index (χ2n) is 6.67. The van der Waals surface area contributed by atoms with Gasteiger partial charge in [-0.3, -0.25) is 19.3 Å². The fraction of sp³-hybridized carbons (Fsp3) is 0.222. The van der Waals surface area contributed by atoms with E-state index in [1.807, 2.05) is 22.8 Å². The lowest BCUT2D eigenvalue weighted by atomic mass is 10.0. The number of thiazole rings is 1. The molecule has 4 heterocycles. The van der Waals surface area contributed by atoms with Crippen LogP contribution in [0.25, 0.3) is 0 Å². The van der Waals surface area contributed by atoms with E-state index in [2.05, 4.69) is 10.3 Å². The van der Waals surface area contributed by atoms with Crippen molar-refractivity contribution in [3.05, 3.63) is 51.9 Å². The number of carbonyl (C=O) groups is 4. The number of nitrogen functional groups attached to an aromatic ring is 1. The maximum absolute atomic E-state index is 12.7. The molecular formula is C18H15ClN5O5S2+. The van der Waals surface area contributed by atoms with Crippen LogP contribution in [0.2, 0.25) is 4.34 Å². The Balaban J connectivity index is 1.51. The molecular weight excluding hydrogens is 466 g/mol. The van der Waals surface area contributed by atoms with E-state index in [0.717, 1.165) is 16.2 Å². The van der Waals surface area contributed by atoms with Gasteiger partial charge in [-0.1, -0.05) is 29.0 Å². The molecule has 2 atom stereocenters. The highest BCUT2D eigenvalue weighted by atomic mass is 35.5. The smallest absolute Gasteiger partial charge is 0.352 e. The number of hydrogen-bond donors (Lipinski definition) is 3. The average molecular weight is 481 g/mol. The summed E-state index contributed by atoms with van der Waals surface area (Å²) in [4.78, 5) is 54.1. The minimum atomic E-state index is -1.23. The number of nitrogens with zero attached hydrogens (tertiary/aromatic N) is 3. The molecule has 2 amide bonds. The van der Waals surface area contributed by atoms with Crippen molar-refractivity contribution in [3.8, 4) is 0 Å². The number of β-lactam (4-membered cyclic amide) rings is 1. The summed E-state index contributed by atoms with van der Waals surface area (Å²) in [6.07, 6.45) is 3.60. The topological polar surface area (TPSA) is 147 Å². The van der Waals surface area contributed by atoms with E-state index >= 15 is 0 Å². The van der Waals surface area contributed by atoms with Crippen molar-refractivity contribution in [1.29, 1.82) is 0 Å². The molecule has 10 nitrogen and oxygen atoms in total. The fourth-order valence-electron chi connectivity index (χ4n) is 3.34. The third kappa shape index (κ3) is 3.89. The summed E-state index contributed by atoms with van der Waals surface area (Å²) >= 11 is 8.04. The van der Waals surface area contributed by atoms with Crippen LogP contribution >= 0.6 is 34.7 Å². The quantitative estimate of drug-likeness (QED) is 0.231. The number of hydrogen-bond acceptors (Lipinski definition) is 8. The average Bonchev–Trinajstić information content (AvgIpc) is 3.09. The Morgan fingerprint density at radius 1 is 1.32 bits per heavy atom. The van der Waals surface area contributed by atoms with Crippen LogP contribution in [-0.2, 0) is 20.9 Å². The van der Waals surface area contributed by atoms with Crippen molar-refractivity contribution in [3.63, 3.8) is 0 Å². The molecule has 13 heteroatoms. The van der Waals surface area contributed by atoms with E-state index in [1.165, 1.54) is 11.8 Å². The summed E-state index contributed by atoms with van der Waals surface area (Å²) in [6, 6.07) is 4.45. The van der Waals surface area contributed by atoms with Crippen LogP contribution in [0.4, 0.5) is 5.13 Å². The number of ketones is 1. The van der Waals surface area contributed by atoms with E-state index in [4.69, 9.17) is 17.3 Å². The number of nitrogens with one attached hydrogen (secondary N) is 1. The van der Waals surface area contributed by atoms with Crippen molar-refractivity contribution >= 4 is 63.4 Å². The molecule has 0 bridgehead atoms. The molecule has 160 valence electrons. The maximum atomic E-state index is 12.7. The van der Waals surface area contributed by atoms with Gasteiger partial charge in [0.1, 0.15) is 27.1 Å². The van der Waals surface area contributed by atoms with E-state index in [-0.39, 0.29) is 20.9 Å². The highest BCUT2D eigenvalue weighted by Gasteiger charge is 2.55. The van der Waals surface area contributed by atoms with Gasteiger partial charge in [-0.25, -0.2) is 14.3 Å². The molecule has 0 saturated carbocycles. The number of thioether (sulfide) groups is 1. The Kier molecular flexibility index (Phi) is 5.69. The number of aliphatic carboxylic acids is 1. The highest BCUT2D eigenvalue weighted by molar-refractivity contribution is 8.00. The molecule has 0 spiro atoms. The van der Waals surface area contributed by atoms with Gasteiger partial charge < -0.3 is 16.2 Å². The number of rotatable bonds is 6. The number of carbonyl (C=O) groups excluding carboxylic acids is 3. The molecule has 0 aromatic carbocycles. The number of amides is 2. The number of carboxylic acid groups (broad SMARTS) is 1. The van der Waals surface area contributed by atoms with Gasteiger partial charge in [0.15, 0.2) is 24.1 Å². The highest BCUT2D eigenvalue weighted by Crippen LogP contribution is 2.40. The van der Waals surface area contributed by atoms with Crippen molar-refractivity contribution in [1.82, 2.24) is 15.2 Å². The predicted molar refractivity (Wildman–Crippen MR) is 112 cm³/mol. The molecule has 4 rings (SSSR count). The number of pyridine rings is 1. The first-order valence-corrected chi connectivity index (χ1v) is 11.1. The van der Waals surface area contributed by atoms with Crippen LogP contribution < -0.4 is 15.6 Å². The first kappa shape index (κ1) is 21.3. The summed E-state index contributed by atoms with van der Waals surface area (Å²) in [5.74, 6) is -3.55. The zero-order chi connectivity index (χ0) is 22.3. The molecule has 4 N–H and O–H groups in total. The van der Waals surface area contributed by atoms with Gasteiger partial charge in [0.25, 0.3) is 17.6 Å². The first-order valence-electron chi connectivity index (χ1n) is 8.89. The van der Waals surface area contributed by atoms with Crippen LogP contribution in [0, 0.1) is 0 Å². The van der Waals surface area contributed by atoms with Crippen LogP contribution in [0.5, 0.6) is 0 Å². The van der Waals surface area contributed by atoms with Crippen molar-refractivity contribution in [2.75, 3.05) is 11.5 Å². The predicted octanol–water partition coefficient (Wildman–Crippen LogP) is 0.288. The van der Waals surface area contributed by atoms with Crippen LogP contribution in [0.1, 0.15) is 10.5 Å². The van der Waals surface area contributed by atoms with Gasteiger partial charge in [0, 0.05) is 23.5 Å². The lowest BCUT2D eigenvalue weighted by Gasteiger charge is -2.49. The molecule has 0 unspecified atom stereocenters. The third-order valence-corrected chi connectivity index (χ3v) is 7.13. The number of nitrogens with two attached hydrogens (primary N) is 1. The number of aromatic nitrogens is 2. The molecule has 1 fully saturated rings. The molecule has 2 aromatic rings. The summed E-state index contributed by atoms with van der Waals surface area (Å²) in [5.41, 5.74) is 5.68. The number of fused-ring (bicyclic) bond motifs is 1. The molecule has 0 aliphatic carbocycles. The lowest BCUT2D eigenvalue weighted by molar-refractivity contribution is -0.689. The van der Waals surface area contributed by atoms with Gasteiger partial charge in [-0.05, 0) is 0 Å². The minimum Gasteiger partial charge on any atom is -0.477 e. The molecule has 2 aliphatic rings. The summed E-state index contributed by atoms with van der Waals surface area (Å²) < 4.78 is 1.79. The Morgan fingerprint density at radius 2 is 2.03 bits per heavy atom. The zero-order valence-electron chi connectivity index (χ0n) is 15.6. The molecule has 1 saturated heterocycles. The second kappa shape index (κ2) is 8.29. The minimum absolute atomic E-state index is 0.0228. The molecule has 2 aromatic heterocycles. The van der Waals surface area contributed by atoms with Gasteiger partial charge in [0.05, 0.1) is 0 Å². The monoisotopic (exact) mass is 480 g/mol. The number of anilines is 1. The van der Waals surface area contributed by atoms with Gasteiger partial charge >= 0.3 is 5.97 Å².